The minimum atomic E-state index is -1.06. The van der Waals surface area contributed by atoms with Crippen molar-refractivity contribution < 1.29 is 9.53 Å². The van der Waals surface area contributed by atoms with Crippen LogP contribution in [0.3, 0.4) is 0 Å². The Balaban J connectivity index is 3.06. The predicted molar refractivity (Wildman–Crippen MR) is 70.1 cm³/mol. The Morgan fingerprint density at radius 3 is 2.41 bits per heavy atom. The van der Waals surface area contributed by atoms with E-state index in [-0.39, 0.29) is 5.97 Å². The second kappa shape index (κ2) is 6.06. The predicted octanol–water partition coefficient (Wildman–Crippen LogP) is 3.73. The first-order valence-corrected chi connectivity index (χ1v) is 6.30. The minimum absolute atomic E-state index is 0.317. The Bertz CT molecular complexity index is 362. The van der Waals surface area contributed by atoms with E-state index in [1.165, 1.54) is 0 Å². The number of carbonyl (C=O) groups excluding carboxylic acids is 1. The van der Waals surface area contributed by atoms with Crippen LogP contribution in [0.2, 0.25) is 0 Å². The van der Waals surface area contributed by atoms with Crippen molar-refractivity contribution in [1.29, 1.82) is 0 Å². The average Bonchev–Trinajstić information content (AvgIpc) is 2.29. The molecule has 0 aliphatic heterocycles. The van der Waals surface area contributed by atoms with Crippen molar-refractivity contribution in [2.75, 3.05) is 6.61 Å². The van der Waals surface area contributed by atoms with Gasteiger partial charge in [0.05, 0.1) is 6.61 Å². The van der Waals surface area contributed by atoms with Crippen LogP contribution in [-0.2, 0) is 14.4 Å². The number of carbonyl (C=O) groups is 1. The van der Waals surface area contributed by atoms with Crippen LogP contribution in [0.1, 0.15) is 32.8 Å². The first kappa shape index (κ1) is 14.0. The minimum Gasteiger partial charge on any atom is -0.464 e. The van der Waals surface area contributed by atoms with E-state index in [1.807, 2.05) is 44.2 Å². The van der Waals surface area contributed by atoms with Crippen LogP contribution in [0.15, 0.2) is 30.3 Å². The van der Waals surface area contributed by atoms with Gasteiger partial charge in [0.25, 0.3) is 0 Å². The monoisotopic (exact) mass is 254 g/mol. The van der Waals surface area contributed by atoms with E-state index in [4.69, 9.17) is 16.3 Å². The summed E-state index contributed by atoms with van der Waals surface area (Å²) in [6.07, 6.45) is 0.567. The van der Waals surface area contributed by atoms with Crippen molar-refractivity contribution in [2.24, 2.45) is 5.92 Å². The highest BCUT2D eigenvalue weighted by molar-refractivity contribution is 6.33. The summed E-state index contributed by atoms with van der Waals surface area (Å²) >= 11 is 6.51. The normalized spacial score (nSPS) is 14.4. The molecule has 0 bridgehead atoms. The number of hydrogen-bond acceptors (Lipinski definition) is 2. The van der Waals surface area contributed by atoms with Gasteiger partial charge in [0, 0.05) is 0 Å². The molecule has 0 heterocycles. The van der Waals surface area contributed by atoms with Crippen LogP contribution in [0.4, 0.5) is 0 Å². The first-order chi connectivity index (χ1) is 8.00. The van der Waals surface area contributed by atoms with E-state index in [2.05, 4.69) is 0 Å². The maximum Gasteiger partial charge on any atom is 0.331 e. The number of alkyl halides is 1. The lowest BCUT2D eigenvalue weighted by atomic mass is 9.89. The van der Waals surface area contributed by atoms with Crippen molar-refractivity contribution in [3.8, 4) is 0 Å². The molecule has 0 aliphatic rings. The second-order valence-corrected chi connectivity index (χ2v) is 5.13. The van der Waals surface area contributed by atoms with Crippen LogP contribution < -0.4 is 0 Å². The molecule has 0 radical (unpaired) electrons. The van der Waals surface area contributed by atoms with Gasteiger partial charge >= 0.3 is 5.97 Å². The number of ether oxygens (including phenoxy) is 1. The van der Waals surface area contributed by atoms with Crippen LogP contribution >= 0.6 is 11.6 Å². The molecular formula is C14H19ClO2. The van der Waals surface area contributed by atoms with Gasteiger partial charge < -0.3 is 4.74 Å². The third-order valence-electron chi connectivity index (χ3n) is 2.52. The molecule has 0 amide bonds. The third-order valence-corrected chi connectivity index (χ3v) is 3.05. The van der Waals surface area contributed by atoms with Gasteiger partial charge in [-0.25, -0.2) is 4.79 Å². The first-order valence-electron chi connectivity index (χ1n) is 5.92. The molecular weight excluding hydrogens is 236 g/mol. The number of rotatable bonds is 5. The zero-order valence-corrected chi connectivity index (χ0v) is 11.3. The summed E-state index contributed by atoms with van der Waals surface area (Å²) in [5.74, 6) is -0.0429. The fourth-order valence-corrected chi connectivity index (χ4v) is 2.32. The van der Waals surface area contributed by atoms with Gasteiger partial charge in [0.2, 0.25) is 0 Å². The summed E-state index contributed by atoms with van der Waals surface area (Å²) in [6, 6.07) is 9.40. The van der Waals surface area contributed by atoms with Gasteiger partial charge in [-0.2, -0.15) is 0 Å². The summed E-state index contributed by atoms with van der Waals surface area (Å²) in [5, 5.41) is 0. The number of hydrogen-bond donors (Lipinski definition) is 0. The number of benzene rings is 1. The summed E-state index contributed by atoms with van der Waals surface area (Å²) in [7, 11) is 0. The van der Waals surface area contributed by atoms with E-state index in [0.29, 0.717) is 18.9 Å². The molecule has 0 aliphatic carbocycles. The standard InChI is InChI=1S/C14H19ClO2/c1-4-17-13(16)14(15,10-11(2)3)12-8-6-5-7-9-12/h5-9,11H,4,10H2,1-3H3. The average molecular weight is 255 g/mol. The van der Waals surface area contributed by atoms with Crippen molar-refractivity contribution >= 4 is 17.6 Å². The van der Waals surface area contributed by atoms with Crippen molar-refractivity contribution in [1.82, 2.24) is 0 Å². The lowest BCUT2D eigenvalue weighted by Gasteiger charge is -2.27. The van der Waals surface area contributed by atoms with Gasteiger partial charge in [-0.15, -0.1) is 11.6 Å². The van der Waals surface area contributed by atoms with E-state index >= 15 is 0 Å². The van der Waals surface area contributed by atoms with E-state index in [9.17, 15) is 4.79 Å². The SMILES string of the molecule is CCOC(=O)C(Cl)(CC(C)C)c1ccccc1. The second-order valence-electron chi connectivity index (χ2n) is 4.49. The zero-order valence-electron chi connectivity index (χ0n) is 10.6. The molecule has 2 nitrogen and oxygen atoms in total. The van der Waals surface area contributed by atoms with E-state index in [0.717, 1.165) is 5.56 Å². The molecule has 3 heteroatoms. The fourth-order valence-electron chi connectivity index (χ4n) is 1.83. The Morgan fingerprint density at radius 1 is 1.35 bits per heavy atom. The van der Waals surface area contributed by atoms with Crippen molar-refractivity contribution in [2.45, 2.75) is 32.1 Å². The van der Waals surface area contributed by atoms with Gasteiger partial charge in [-0.3, -0.25) is 0 Å². The molecule has 1 aromatic rings. The maximum atomic E-state index is 12.0. The smallest absolute Gasteiger partial charge is 0.331 e. The fraction of sp³-hybridized carbons (Fsp3) is 0.500. The summed E-state index contributed by atoms with van der Waals surface area (Å²) in [6.45, 7) is 6.21. The molecule has 1 rings (SSSR count). The number of halogens is 1. The van der Waals surface area contributed by atoms with Crippen LogP contribution in [-0.4, -0.2) is 12.6 Å². The quantitative estimate of drug-likeness (QED) is 0.591. The lowest BCUT2D eigenvalue weighted by molar-refractivity contribution is -0.147. The molecule has 0 N–H and O–H groups in total. The van der Waals surface area contributed by atoms with Gasteiger partial charge in [0.15, 0.2) is 4.87 Å². The van der Waals surface area contributed by atoms with E-state index in [1.54, 1.807) is 6.92 Å². The molecule has 1 unspecified atom stereocenters. The Morgan fingerprint density at radius 2 is 1.94 bits per heavy atom. The summed E-state index contributed by atoms with van der Waals surface area (Å²) in [4.78, 5) is 11.0. The molecule has 0 aromatic heterocycles. The zero-order chi connectivity index (χ0) is 12.9. The highest BCUT2D eigenvalue weighted by Gasteiger charge is 2.40. The lowest BCUT2D eigenvalue weighted by Crippen LogP contribution is -2.33. The van der Waals surface area contributed by atoms with Gasteiger partial charge in [-0.1, -0.05) is 44.2 Å². The van der Waals surface area contributed by atoms with Crippen LogP contribution in [0.5, 0.6) is 0 Å². The highest BCUT2D eigenvalue weighted by Crippen LogP contribution is 2.37. The molecule has 0 fully saturated rings. The summed E-state index contributed by atoms with van der Waals surface area (Å²) in [5.41, 5.74) is 0.800. The highest BCUT2D eigenvalue weighted by atomic mass is 35.5. The molecule has 94 valence electrons. The third kappa shape index (κ3) is 3.47. The largest absolute Gasteiger partial charge is 0.464 e. The van der Waals surface area contributed by atoms with Crippen LogP contribution in [0.25, 0.3) is 0 Å². The maximum absolute atomic E-state index is 12.0. The Kier molecular flexibility index (Phi) is 5.01. The molecule has 0 spiro atoms. The topological polar surface area (TPSA) is 26.3 Å². The van der Waals surface area contributed by atoms with Crippen LogP contribution in [0, 0.1) is 5.92 Å². The molecule has 0 saturated carbocycles. The molecule has 17 heavy (non-hydrogen) atoms. The Labute approximate surface area is 108 Å². The number of esters is 1. The van der Waals surface area contributed by atoms with Crippen molar-refractivity contribution in [3.05, 3.63) is 35.9 Å². The van der Waals surface area contributed by atoms with Gasteiger partial charge in [-0.05, 0) is 24.8 Å². The molecule has 1 atom stereocenters. The van der Waals surface area contributed by atoms with E-state index < -0.39 is 4.87 Å². The van der Waals surface area contributed by atoms with Crippen molar-refractivity contribution in [3.63, 3.8) is 0 Å². The molecule has 0 saturated heterocycles. The summed E-state index contributed by atoms with van der Waals surface area (Å²) < 4.78 is 5.09. The molecule has 1 aromatic carbocycles. The van der Waals surface area contributed by atoms with Gasteiger partial charge in [0.1, 0.15) is 0 Å². The Hall–Kier alpha value is -1.02.